The second-order valence-electron chi connectivity index (χ2n) is 5.36. The molecule has 1 aromatic carbocycles. The van der Waals surface area contributed by atoms with Crippen LogP contribution in [0.2, 0.25) is 0 Å². The van der Waals surface area contributed by atoms with Crippen molar-refractivity contribution < 1.29 is 4.74 Å². The predicted molar refractivity (Wildman–Crippen MR) is 72.9 cm³/mol. The number of nitrogens with one attached hydrogen (secondary N) is 1. The fraction of sp³-hybridized carbons (Fsp3) is 0.600. The summed E-state index contributed by atoms with van der Waals surface area (Å²) in [4.78, 5) is 2.51. The summed E-state index contributed by atoms with van der Waals surface area (Å²) >= 11 is 0. The number of hydrogen-bond acceptors (Lipinski definition) is 3. The van der Waals surface area contributed by atoms with E-state index >= 15 is 0 Å². The molecule has 3 rings (SSSR count). The standard InChI is InChI=1S/C15H22N2O/c1-12-2-3-14-13(10-12)4-9-18-15(14)11-17-7-5-16-6-8-17/h2-3,10,15-16H,4-9,11H2,1H3. The third kappa shape index (κ3) is 2.58. The second kappa shape index (κ2) is 5.39. The van der Waals surface area contributed by atoms with E-state index in [-0.39, 0.29) is 6.10 Å². The Morgan fingerprint density at radius 2 is 2.17 bits per heavy atom. The minimum atomic E-state index is 0.271. The summed E-state index contributed by atoms with van der Waals surface area (Å²) in [5.41, 5.74) is 4.25. The van der Waals surface area contributed by atoms with Crippen LogP contribution in [0, 0.1) is 6.92 Å². The molecule has 0 bridgehead atoms. The summed E-state index contributed by atoms with van der Waals surface area (Å²) in [7, 11) is 0. The molecule has 1 unspecified atom stereocenters. The molecule has 3 nitrogen and oxygen atoms in total. The van der Waals surface area contributed by atoms with Gasteiger partial charge in [-0.2, -0.15) is 0 Å². The summed E-state index contributed by atoms with van der Waals surface area (Å²) in [6.07, 6.45) is 1.34. The molecule has 1 atom stereocenters. The Hall–Kier alpha value is -0.900. The second-order valence-corrected chi connectivity index (χ2v) is 5.36. The van der Waals surface area contributed by atoms with Crippen LogP contribution in [0.4, 0.5) is 0 Å². The summed E-state index contributed by atoms with van der Waals surface area (Å²) in [5, 5.41) is 3.40. The average molecular weight is 246 g/mol. The molecule has 1 saturated heterocycles. The quantitative estimate of drug-likeness (QED) is 0.856. The highest BCUT2D eigenvalue weighted by Gasteiger charge is 2.23. The van der Waals surface area contributed by atoms with Crippen LogP contribution in [0.25, 0.3) is 0 Å². The van der Waals surface area contributed by atoms with Gasteiger partial charge < -0.3 is 10.1 Å². The molecule has 2 aliphatic heterocycles. The molecule has 98 valence electrons. The van der Waals surface area contributed by atoms with E-state index in [1.54, 1.807) is 0 Å². The third-order valence-electron chi connectivity index (χ3n) is 3.97. The van der Waals surface area contributed by atoms with E-state index in [1.807, 2.05) is 0 Å². The Bertz CT molecular complexity index is 413. The molecule has 1 fully saturated rings. The zero-order valence-electron chi connectivity index (χ0n) is 11.1. The molecule has 18 heavy (non-hydrogen) atoms. The summed E-state index contributed by atoms with van der Waals surface area (Å²) in [6.45, 7) is 8.56. The van der Waals surface area contributed by atoms with E-state index in [0.717, 1.165) is 45.8 Å². The molecular weight excluding hydrogens is 224 g/mol. The van der Waals surface area contributed by atoms with Crippen molar-refractivity contribution >= 4 is 0 Å². The van der Waals surface area contributed by atoms with Gasteiger partial charge >= 0.3 is 0 Å². The number of rotatable bonds is 2. The average Bonchev–Trinajstić information content (AvgIpc) is 2.40. The van der Waals surface area contributed by atoms with Crippen molar-refractivity contribution in [3.8, 4) is 0 Å². The maximum Gasteiger partial charge on any atom is 0.0954 e. The largest absolute Gasteiger partial charge is 0.372 e. The highest BCUT2D eigenvalue weighted by atomic mass is 16.5. The van der Waals surface area contributed by atoms with Gasteiger partial charge in [-0.15, -0.1) is 0 Å². The lowest BCUT2D eigenvalue weighted by molar-refractivity contribution is 0.0136. The van der Waals surface area contributed by atoms with Crippen LogP contribution >= 0.6 is 0 Å². The molecule has 3 heteroatoms. The smallest absolute Gasteiger partial charge is 0.0954 e. The van der Waals surface area contributed by atoms with Crippen molar-refractivity contribution in [1.82, 2.24) is 10.2 Å². The molecule has 0 aromatic heterocycles. The first-order valence-corrected chi connectivity index (χ1v) is 6.97. The van der Waals surface area contributed by atoms with Gasteiger partial charge in [0.05, 0.1) is 12.7 Å². The van der Waals surface area contributed by atoms with Gasteiger partial charge in [-0.1, -0.05) is 23.8 Å². The van der Waals surface area contributed by atoms with Crippen LogP contribution in [-0.4, -0.2) is 44.2 Å². The van der Waals surface area contributed by atoms with Crippen LogP contribution in [0.15, 0.2) is 18.2 Å². The Labute approximate surface area is 109 Å². The molecular formula is C15H22N2O. The number of aryl methyl sites for hydroxylation is 1. The Morgan fingerprint density at radius 3 is 3.00 bits per heavy atom. The predicted octanol–water partition coefficient (Wildman–Crippen LogP) is 1.51. The molecule has 0 radical (unpaired) electrons. The third-order valence-corrected chi connectivity index (χ3v) is 3.97. The highest BCUT2D eigenvalue weighted by molar-refractivity contribution is 5.34. The number of benzene rings is 1. The molecule has 0 amide bonds. The summed E-state index contributed by atoms with van der Waals surface area (Å²) in [5.74, 6) is 0. The summed E-state index contributed by atoms with van der Waals surface area (Å²) < 4.78 is 5.98. The lowest BCUT2D eigenvalue weighted by Gasteiger charge is -2.33. The number of ether oxygens (including phenoxy) is 1. The van der Waals surface area contributed by atoms with Crippen molar-refractivity contribution in [2.75, 3.05) is 39.3 Å². The maximum absolute atomic E-state index is 5.98. The highest BCUT2D eigenvalue weighted by Crippen LogP contribution is 2.28. The zero-order chi connectivity index (χ0) is 12.4. The lowest BCUT2D eigenvalue weighted by atomic mass is 9.95. The summed E-state index contributed by atoms with van der Waals surface area (Å²) in [6, 6.07) is 6.79. The first kappa shape index (κ1) is 12.2. The monoisotopic (exact) mass is 246 g/mol. The number of piperazine rings is 1. The first-order valence-electron chi connectivity index (χ1n) is 6.97. The van der Waals surface area contributed by atoms with Crippen LogP contribution in [0.1, 0.15) is 22.8 Å². The Morgan fingerprint density at radius 1 is 1.33 bits per heavy atom. The number of hydrogen-bond donors (Lipinski definition) is 1. The van der Waals surface area contributed by atoms with Crippen molar-refractivity contribution in [1.29, 1.82) is 0 Å². The Kier molecular flexibility index (Phi) is 3.64. The van der Waals surface area contributed by atoms with Gasteiger partial charge in [0.25, 0.3) is 0 Å². The first-order chi connectivity index (χ1) is 8.83. The fourth-order valence-electron chi connectivity index (χ4n) is 2.95. The van der Waals surface area contributed by atoms with Gasteiger partial charge in [0.15, 0.2) is 0 Å². The minimum Gasteiger partial charge on any atom is -0.372 e. The van der Waals surface area contributed by atoms with Crippen molar-refractivity contribution in [3.63, 3.8) is 0 Å². The van der Waals surface area contributed by atoms with Crippen molar-refractivity contribution in [2.24, 2.45) is 0 Å². The van der Waals surface area contributed by atoms with E-state index in [2.05, 4.69) is 35.3 Å². The minimum absolute atomic E-state index is 0.271. The van der Waals surface area contributed by atoms with E-state index in [1.165, 1.54) is 16.7 Å². The van der Waals surface area contributed by atoms with Crippen molar-refractivity contribution in [2.45, 2.75) is 19.4 Å². The van der Waals surface area contributed by atoms with Crippen LogP contribution in [0.5, 0.6) is 0 Å². The zero-order valence-corrected chi connectivity index (χ0v) is 11.1. The maximum atomic E-state index is 5.98. The molecule has 0 aliphatic carbocycles. The van der Waals surface area contributed by atoms with Gasteiger partial charge in [-0.3, -0.25) is 4.90 Å². The molecule has 0 spiro atoms. The molecule has 0 saturated carbocycles. The van der Waals surface area contributed by atoms with Crippen LogP contribution in [-0.2, 0) is 11.2 Å². The molecule has 1 aromatic rings. The lowest BCUT2D eigenvalue weighted by Crippen LogP contribution is -2.45. The molecule has 2 aliphatic rings. The normalized spacial score (nSPS) is 24.8. The van der Waals surface area contributed by atoms with Gasteiger partial charge in [0.2, 0.25) is 0 Å². The van der Waals surface area contributed by atoms with E-state index < -0.39 is 0 Å². The topological polar surface area (TPSA) is 24.5 Å². The van der Waals surface area contributed by atoms with Crippen molar-refractivity contribution in [3.05, 3.63) is 34.9 Å². The molecule has 1 N–H and O–H groups in total. The van der Waals surface area contributed by atoms with Gasteiger partial charge in [0, 0.05) is 32.7 Å². The molecule has 2 heterocycles. The van der Waals surface area contributed by atoms with E-state index in [4.69, 9.17) is 4.74 Å². The van der Waals surface area contributed by atoms with E-state index in [9.17, 15) is 0 Å². The van der Waals surface area contributed by atoms with Gasteiger partial charge in [-0.05, 0) is 24.5 Å². The van der Waals surface area contributed by atoms with E-state index in [0.29, 0.717) is 0 Å². The Balaban J connectivity index is 1.74. The SMILES string of the molecule is Cc1ccc2c(c1)CCOC2CN1CCNCC1. The van der Waals surface area contributed by atoms with Crippen LogP contribution < -0.4 is 5.32 Å². The fourth-order valence-corrected chi connectivity index (χ4v) is 2.95. The van der Waals surface area contributed by atoms with Gasteiger partial charge in [0.1, 0.15) is 0 Å². The number of nitrogens with zero attached hydrogens (tertiary/aromatic N) is 1. The van der Waals surface area contributed by atoms with Crippen LogP contribution in [0.3, 0.4) is 0 Å². The number of fused-ring (bicyclic) bond motifs is 1. The van der Waals surface area contributed by atoms with Gasteiger partial charge in [-0.25, -0.2) is 0 Å².